The Balaban J connectivity index is 1.64. The molecule has 168 valence electrons. The number of hydrogen-bond acceptors (Lipinski definition) is 5. The maximum atomic E-state index is 13.4. The van der Waals surface area contributed by atoms with Crippen molar-refractivity contribution in [1.29, 1.82) is 0 Å². The molecule has 0 saturated carbocycles. The highest BCUT2D eigenvalue weighted by Crippen LogP contribution is 2.34. The van der Waals surface area contributed by atoms with E-state index >= 15 is 0 Å². The number of methoxy groups -OCH3 is 1. The first-order valence-electron chi connectivity index (χ1n) is 9.79. The van der Waals surface area contributed by atoms with E-state index in [1.807, 2.05) is 0 Å². The Labute approximate surface area is 186 Å². The smallest absolute Gasteiger partial charge is 0.264 e. The monoisotopic (exact) mass is 476 g/mol. The Morgan fingerprint density at radius 2 is 1.69 bits per heavy atom. The summed E-state index contributed by atoms with van der Waals surface area (Å²) in [5.74, 6) is -0.101. The van der Waals surface area contributed by atoms with Crippen LogP contribution < -0.4 is 13.8 Å². The number of nitrogens with one attached hydrogen (secondary N) is 1. The van der Waals surface area contributed by atoms with Crippen LogP contribution >= 0.6 is 0 Å². The summed E-state index contributed by atoms with van der Waals surface area (Å²) < 4.78 is 73.9. The molecule has 0 atom stereocenters. The van der Waals surface area contributed by atoms with Crippen LogP contribution in [0.2, 0.25) is 0 Å². The third-order valence-electron chi connectivity index (χ3n) is 5.16. The Morgan fingerprint density at radius 1 is 0.938 bits per heavy atom. The second kappa shape index (κ2) is 8.44. The van der Waals surface area contributed by atoms with Gasteiger partial charge in [0, 0.05) is 12.2 Å². The number of anilines is 2. The third kappa shape index (κ3) is 4.28. The summed E-state index contributed by atoms with van der Waals surface area (Å²) in [6.45, 7) is 0.315. The number of fused-ring (bicyclic) bond motifs is 1. The van der Waals surface area contributed by atoms with Gasteiger partial charge in [0.05, 0.1) is 22.6 Å². The topological polar surface area (TPSA) is 92.8 Å². The average molecular weight is 477 g/mol. The molecule has 32 heavy (non-hydrogen) atoms. The lowest BCUT2D eigenvalue weighted by atomic mass is 10.0. The predicted molar refractivity (Wildman–Crippen MR) is 119 cm³/mol. The fourth-order valence-corrected chi connectivity index (χ4v) is 6.22. The largest absolute Gasteiger partial charge is 0.497 e. The zero-order chi connectivity index (χ0) is 22.9. The predicted octanol–water partition coefficient (Wildman–Crippen LogP) is 3.78. The fraction of sp³-hybridized carbons (Fsp3) is 0.182. The summed E-state index contributed by atoms with van der Waals surface area (Å²) in [6.07, 6.45) is 1.18. The van der Waals surface area contributed by atoms with Crippen LogP contribution in [0.1, 0.15) is 12.0 Å². The minimum Gasteiger partial charge on any atom is -0.497 e. The second-order valence-corrected chi connectivity index (χ2v) is 10.8. The molecule has 0 aromatic heterocycles. The lowest BCUT2D eigenvalue weighted by Crippen LogP contribution is -2.35. The summed E-state index contributed by atoms with van der Waals surface area (Å²) in [4.78, 5) is -0.0547. The molecule has 0 spiro atoms. The number of nitrogens with zero attached hydrogens (tertiary/aromatic N) is 1. The van der Waals surface area contributed by atoms with Gasteiger partial charge in [-0.1, -0.05) is 6.07 Å². The SMILES string of the molecule is COc1ccc(S(=O)(=O)N2CCCc3cc(NS(=O)(=O)c4cccc(F)c4)ccc32)cc1. The van der Waals surface area contributed by atoms with Crippen LogP contribution in [-0.4, -0.2) is 30.5 Å². The van der Waals surface area contributed by atoms with E-state index in [9.17, 15) is 21.2 Å². The summed E-state index contributed by atoms with van der Waals surface area (Å²) in [6, 6.07) is 15.6. The normalized spacial score (nSPS) is 14.0. The van der Waals surface area contributed by atoms with Crippen molar-refractivity contribution in [1.82, 2.24) is 0 Å². The highest BCUT2D eigenvalue weighted by atomic mass is 32.2. The summed E-state index contributed by atoms with van der Waals surface area (Å²) in [5, 5.41) is 0. The molecule has 0 bridgehead atoms. The Kier molecular flexibility index (Phi) is 5.83. The summed E-state index contributed by atoms with van der Waals surface area (Å²) >= 11 is 0. The van der Waals surface area contributed by atoms with Crippen LogP contribution in [0.3, 0.4) is 0 Å². The lowest BCUT2D eigenvalue weighted by molar-refractivity contribution is 0.414. The van der Waals surface area contributed by atoms with Crippen molar-refractivity contribution in [3.8, 4) is 5.75 Å². The molecule has 1 N–H and O–H groups in total. The molecule has 0 unspecified atom stereocenters. The highest BCUT2D eigenvalue weighted by Gasteiger charge is 2.29. The van der Waals surface area contributed by atoms with Crippen molar-refractivity contribution in [2.24, 2.45) is 0 Å². The van der Waals surface area contributed by atoms with E-state index in [1.54, 1.807) is 24.3 Å². The van der Waals surface area contributed by atoms with E-state index in [4.69, 9.17) is 4.74 Å². The Hall–Kier alpha value is -3.11. The number of ether oxygens (including phenoxy) is 1. The Morgan fingerprint density at radius 3 is 2.38 bits per heavy atom. The van der Waals surface area contributed by atoms with Crippen molar-refractivity contribution in [2.75, 3.05) is 22.7 Å². The molecule has 4 rings (SSSR count). The first-order chi connectivity index (χ1) is 15.2. The van der Waals surface area contributed by atoms with Crippen molar-refractivity contribution in [2.45, 2.75) is 22.6 Å². The number of hydrogen-bond donors (Lipinski definition) is 1. The van der Waals surface area contributed by atoms with Gasteiger partial charge in [0.25, 0.3) is 20.0 Å². The number of aryl methyl sites for hydroxylation is 1. The highest BCUT2D eigenvalue weighted by molar-refractivity contribution is 7.93. The van der Waals surface area contributed by atoms with Crippen LogP contribution in [0, 0.1) is 5.82 Å². The van der Waals surface area contributed by atoms with Gasteiger partial charge in [-0.25, -0.2) is 21.2 Å². The standard InChI is InChI=1S/C22H21FN2O5S2/c1-30-19-8-10-20(11-9-19)32(28,29)25-13-3-4-16-14-18(7-12-22(16)25)24-31(26,27)21-6-2-5-17(23)15-21/h2,5-12,14-15,24H,3-4,13H2,1H3. The quantitative estimate of drug-likeness (QED) is 0.585. The van der Waals surface area contributed by atoms with Gasteiger partial charge in [-0.3, -0.25) is 9.03 Å². The molecule has 7 nitrogen and oxygen atoms in total. The molecule has 10 heteroatoms. The van der Waals surface area contributed by atoms with E-state index < -0.39 is 25.9 Å². The first-order valence-corrected chi connectivity index (χ1v) is 12.7. The van der Waals surface area contributed by atoms with Gasteiger partial charge in [-0.2, -0.15) is 0 Å². The number of benzene rings is 3. The van der Waals surface area contributed by atoms with Crippen molar-refractivity contribution < 1.29 is 26.0 Å². The van der Waals surface area contributed by atoms with Crippen LogP contribution in [0.25, 0.3) is 0 Å². The van der Waals surface area contributed by atoms with Crippen LogP contribution in [0.4, 0.5) is 15.8 Å². The number of sulfonamides is 2. The molecule has 0 fully saturated rings. The van der Waals surface area contributed by atoms with E-state index in [2.05, 4.69) is 4.72 Å². The maximum Gasteiger partial charge on any atom is 0.264 e. The first kappa shape index (κ1) is 22.1. The molecule has 3 aromatic carbocycles. The maximum absolute atomic E-state index is 13.4. The van der Waals surface area contributed by atoms with Gasteiger partial charge in [-0.05, 0) is 79.1 Å². The van der Waals surface area contributed by atoms with Crippen LogP contribution in [-0.2, 0) is 26.5 Å². The van der Waals surface area contributed by atoms with Crippen molar-refractivity contribution in [3.63, 3.8) is 0 Å². The van der Waals surface area contributed by atoms with Gasteiger partial charge >= 0.3 is 0 Å². The number of halogens is 1. The molecule has 1 aliphatic rings. The van der Waals surface area contributed by atoms with Crippen LogP contribution in [0.15, 0.2) is 76.5 Å². The molecule has 0 aliphatic carbocycles. The average Bonchev–Trinajstić information content (AvgIpc) is 2.78. The van der Waals surface area contributed by atoms with Crippen molar-refractivity contribution in [3.05, 3.63) is 78.1 Å². The van der Waals surface area contributed by atoms with Gasteiger partial charge in [-0.15, -0.1) is 0 Å². The van der Waals surface area contributed by atoms with E-state index in [-0.39, 0.29) is 15.5 Å². The van der Waals surface area contributed by atoms with E-state index in [0.717, 1.165) is 12.1 Å². The molecule has 0 amide bonds. The van der Waals surface area contributed by atoms with Gasteiger partial charge < -0.3 is 4.74 Å². The molecular weight excluding hydrogens is 455 g/mol. The minimum absolute atomic E-state index is 0.141. The Bertz CT molecular complexity index is 1360. The fourth-order valence-electron chi connectivity index (χ4n) is 3.60. The van der Waals surface area contributed by atoms with E-state index in [0.29, 0.717) is 36.4 Å². The lowest BCUT2D eigenvalue weighted by Gasteiger charge is -2.31. The summed E-state index contributed by atoms with van der Waals surface area (Å²) in [7, 11) is -6.28. The zero-order valence-electron chi connectivity index (χ0n) is 17.2. The molecule has 0 radical (unpaired) electrons. The zero-order valence-corrected chi connectivity index (χ0v) is 18.8. The van der Waals surface area contributed by atoms with Gasteiger partial charge in [0.15, 0.2) is 0 Å². The second-order valence-electron chi connectivity index (χ2n) is 7.26. The minimum atomic E-state index is -3.99. The van der Waals surface area contributed by atoms with Crippen molar-refractivity contribution >= 4 is 31.4 Å². The molecular formula is C22H21FN2O5S2. The number of rotatable bonds is 6. The molecule has 3 aromatic rings. The van der Waals surface area contributed by atoms with Gasteiger partial charge in [0.2, 0.25) is 0 Å². The molecule has 1 aliphatic heterocycles. The van der Waals surface area contributed by atoms with Crippen LogP contribution in [0.5, 0.6) is 5.75 Å². The van der Waals surface area contributed by atoms with Gasteiger partial charge in [0.1, 0.15) is 11.6 Å². The summed E-state index contributed by atoms with van der Waals surface area (Å²) in [5.41, 5.74) is 1.48. The molecule has 0 saturated heterocycles. The molecule has 1 heterocycles. The van der Waals surface area contributed by atoms with E-state index in [1.165, 1.54) is 41.7 Å². The third-order valence-corrected chi connectivity index (χ3v) is 8.37.